The zero-order valence-electron chi connectivity index (χ0n) is 7.48. The van der Waals surface area contributed by atoms with Gasteiger partial charge >= 0.3 is 0 Å². The van der Waals surface area contributed by atoms with Gasteiger partial charge in [-0.2, -0.15) is 8.42 Å². The van der Waals surface area contributed by atoms with E-state index in [1.807, 2.05) is 6.92 Å². The molecule has 0 spiro atoms. The average Bonchev–Trinajstić information content (AvgIpc) is 1.92. The molecule has 0 atom stereocenters. The first-order valence-corrected chi connectivity index (χ1v) is 4.90. The van der Waals surface area contributed by atoms with Crippen LogP contribution >= 0.6 is 0 Å². The fourth-order valence-electron chi connectivity index (χ4n) is 0.874. The van der Waals surface area contributed by atoms with E-state index >= 15 is 0 Å². The van der Waals surface area contributed by atoms with Gasteiger partial charge < -0.3 is 0 Å². The molecule has 3 nitrogen and oxygen atoms in total. The molecule has 1 rings (SSSR count). The van der Waals surface area contributed by atoms with Crippen LogP contribution in [0.5, 0.6) is 0 Å². The van der Waals surface area contributed by atoms with Crippen molar-refractivity contribution in [2.45, 2.75) is 18.7 Å². The van der Waals surface area contributed by atoms with E-state index in [1.165, 1.54) is 12.1 Å². The van der Waals surface area contributed by atoms with E-state index < -0.39 is 10.1 Å². The molecule has 0 aromatic heterocycles. The second-order valence-electron chi connectivity index (χ2n) is 2.72. The van der Waals surface area contributed by atoms with Crippen LogP contribution in [0.2, 0.25) is 0 Å². The number of benzene rings is 1. The molecule has 0 heterocycles. The molecule has 0 aliphatic heterocycles. The second kappa shape index (κ2) is 4.48. The van der Waals surface area contributed by atoms with Crippen molar-refractivity contribution < 1.29 is 13.0 Å². The van der Waals surface area contributed by atoms with Crippen molar-refractivity contribution in [2.75, 3.05) is 0 Å². The van der Waals surface area contributed by atoms with Gasteiger partial charge in [-0.3, -0.25) is 4.55 Å². The molecule has 0 aliphatic rings. The number of hydrogen-bond acceptors (Lipinski definition) is 2. The SMILES string of the molecule is Cc1ccc(S(=O)(=O)O)cc1C.[In]. The van der Waals surface area contributed by atoms with E-state index in [2.05, 4.69) is 0 Å². The minimum absolute atomic E-state index is 0. The van der Waals surface area contributed by atoms with Crippen LogP contribution in [0.3, 0.4) is 0 Å². The Morgan fingerprint density at radius 2 is 1.69 bits per heavy atom. The molecule has 0 fully saturated rings. The average molecular weight is 301 g/mol. The number of aryl methyl sites for hydroxylation is 2. The van der Waals surface area contributed by atoms with Crippen LogP contribution in [0, 0.1) is 13.8 Å². The Balaban J connectivity index is 0.00000144. The smallest absolute Gasteiger partial charge is 0.282 e. The molecule has 1 aromatic carbocycles. The van der Waals surface area contributed by atoms with E-state index in [9.17, 15) is 8.42 Å². The van der Waals surface area contributed by atoms with Gasteiger partial charge in [0.05, 0.1) is 4.90 Å². The summed E-state index contributed by atoms with van der Waals surface area (Å²) in [4.78, 5) is -0.0504. The van der Waals surface area contributed by atoms with Crippen LogP contribution in [0.1, 0.15) is 11.1 Å². The summed E-state index contributed by atoms with van der Waals surface area (Å²) in [5.41, 5.74) is 1.85. The first-order valence-electron chi connectivity index (χ1n) is 3.46. The summed E-state index contributed by atoms with van der Waals surface area (Å²) in [6.45, 7) is 3.67. The summed E-state index contributed by atoms with van der Waals surface area (Å²) in [6, 6.07) is 4.50. The minimum Gasteiger partial charge on any atom is -0.282 e. The summed E-state index contributed by atoms with van der Waals surface area (Å²) >= 11 is 0. The fourth-order valence-corrected chi connectivity index (χ4v) is 1.44. The maximum absolute atomic E-state index is 10.7. The van der Waals surface area contributed by atoms with E-state index in [0.29, 0.717) is 0 Å². The molecule has 0 aliphatic carbocycles. The first-order chi connectivity index (χ1) is 5.41. The Morgan fingerprint density at radius 1 is 1.15 bits per heavy atom. The molecule has 0 saturated carbocycles. The van der Waals surface area contributed by atoms with Gasteiger partial charge in [-0.05, 0) is 37.1 Å². The molecule has 69 valence electrons. The largest absolute Gasteiger partial charge is 0.294 e. The maximum Gasteiger partial charge on any atom is 0.294 e. The molecule has 0 unspecified atom stereocenters. The Bertz CT molecular complexity index is 398. The van der Waals surface area contributed by atoms with Crippen molar-refractivity contribution in [1.29, 1.82) is 0 Å². The van der Waals surface area contributed by atoms with Gasteiger partial charge in [-0.25, -0.2) is 0 Å². The van der Waals surface area contributed by atoms with Crippen LogP contribution in [0.4, 0.5) is 0 Å². The van der Waals surface area contributed by atoms with Crippen LogP contribution < -0.4 is 0 Å². The standard InChI is InChI=1S/C8H10O3S.In/c1-6-3-4-8(5-7(6)2)12(9,10)11;/h3-5H,1-2H3,(H,9,10,11);. The minimum atomic E-state index is -4.04. The molecule has 1 N–H and O–H groups in total. The van der Waals surface area contributed by atoms with Crippen LogP contribution in [-0.4, -0.2) is 38.8 Å². The van der Waals surface area contributed by atoms with E-state index in [-0.39, 0.29) is 30.7 Å². The molecular weight excluding hydrogens is 291 g/mol. The quantitative estimate of drug-likeness (QED) is 0.792. The van der Waals surface area contributed by atoms with Crippen molar-refractivity contribution in [1.82, 2.24) is 0 Å². The summed E-state index contributed by atoms with van der Waals surface area (Å²) in [5, 5.41) is 0. The zero-order valence-corrected chi connectivity index (χ0v) is 11.6. The Labute approximate surface area is 96.7 Å². The van der Waals surface area contributed by atoms with Gasteiger partial charge in [0.25, 0.3) is 10.1 Å². The molecule has 5 heteroatoms. The van der Waals surface area contributed by atoms with Crippen molar-refractivity contribution in [2.24, 2.45) is 0 Å². The molecule has 3 radical (unpaired) electrons. The third-order valence-corrected chi connectivity index (χ3v) is 2.63. The van der Waals surface area contributed by atoms with Crippen molar-refractivity contribution >= 4 is 36.0 Å². The van der Waals surface area contributed by atoms with Crippen molar-refractivity contribution in [3.05, 3.63) is 29.3 Å². The van der Waals surface area contributed by atoms with Gasteiger partial charge in [0.1, 0.15) is 0 Å². The van der Waals surface area contributed by atoms with Gasteiger partial charge in [0.2, 0.25) is 0 Å². The molecule has 13 heavy (non-hydrogen) atoms. The summed E-state index contributed by atoms with van der Waals surface area (Å²) in [7, 11) is -4.04. The molecule has 0 amide bonds. The maximum atomic E-state index is 10.7. The Hall–Kier alpha value is 0.000130. The van der Waals surface area contributed by atoms with Gasteiger partial charge in [-0.15, -0.1) is 0 Å². The van der Waals surface area contributed by atoms with Crippen LogP contribution in [0.25, 0.3) is 0 Å². The normalized spacial score (nSPS) is 10.7. The Morgan fingerprint density at radius 3 is 2.08 bits per heavy atom. The zero-order chi connectivity index (χ0) is 9.35. The fraction of sp³-hybridized carbons (Fsp3) is 0.250. The number of rotatable bonds is 1. The van der Waals surface area contributed by atoms with Crippen molar-refractivity contribution in [3.8, 4) is 0 Å². The molecule has 1 aromatic rings. The van der Waals surface area contributed by atoms with Gasteiger partial charge in [-0.1, -0.05) is 6.07 Å². The monoisotopic (exact) mass is 301 g/mol. The predicted octanol–water partition coefficient (Wildman–Crippen LogP) is 1.17. The van der Waals surface area contributed by atoms with Crippen molar-refractivity contribution in [3.63, 3.8) is 0 Å². The third kappa shape index (κ3) is 3.32. The third-order valence-electron chi connectivity index (χ3n) is 1.78. The van der Waals surface area contributed by atoms with E-state index in [0.717, 1.165) is 11.1 Å². The summed E-state index contributed by atoms with van der Waals surface area (Å²) in [6.07, 6.45) is 0. The van der Waals surface area contributed by atoms with Crippen LogP contribution in [0.15, 0.2) is 23.1 Å². The van der Waals surface area contributed by atoms with E-state index in [4.69, 9.17) is 4.55 Å². The van der Waals surface area contributed by atoms with Crippen LogP contribution in [-0.2, 0) is 10.1 Å². The first kappa shape index (κ1) is 13.0. The molecule has 0 saturated heterocycles. The number of hydrogen-bond donors (Lipinski definition) is 1. The second-order valence-corrected chi connectivity index (χ2v) is 4.14. The molecule has 0 bridgehead atoms. The van der Waals surface area contributed by atoms with E-state index in [1.54, 1.807) is 13.0 Å². The summed E-state index contributed by atoms with van der Waals surface area (Å²) < 4.78 is 30.0. The Kier molecular flexibility index (Phi) is 4.48. The summed E-state index contributed by atoms with van der Waals surface area (Å²) in [5.74, 6) is 0. The van der Waals surface area contributed by atoms with Gasteiger partial charge in [0, 0.05) is 25.8 Å². The van der Waals surface area contributed by atoms with Gasteiger partial charge in [0.15, 0.2) is 0 Å². The predicted molar refractivity (Wildman–Crippen MR) is 51.5 cm³/mol. The topological polar surface area (TPSA) is 54.4 Å². The molecular formula is C8H10InO3S.